The van der Waals surface area contributed by atoms with Crippen LogP contribution in [0.4, 0.5) is 0 Å². The number of fused-ring (bicyclic) bond motifs is 2. The molecule has 1 saturated carbocycles. The number of aryl methyl sites for hydroxylation is 1. The summed E-state index contributed by atoms with van der Waals surface area (Å²) >= 11 is 0. The van der Waals surface area contributed by atoms with E-state index in [1.807, 2.05) is 27.5 Å². The average molecular weight is 413 g/mol. The molecule has 8 nitrogen and oxygen atoms in total. The highest BCUT2D eigenvalue weighted by molar-refractivity contribution is 5.90. The normalized spacial score (nSPS) is 14.0. The van der Waals surface area contributed by atoms with Crippen molar-refractivity contribution in [2.75, 3.05) is 6.61 Å². The van der Waals surface area contributed by atoms with Crippen molar-refractivity contribution in [1.82, 2.24) is 33.9 Å². The lowest BCUT2D eigenvalue weighted by Gasteiger charge is -2.12. The Hall–Kier alpha value is -3.68. The lowest BCUT2D eigenvalue weighted by Crippen LogP contribution is -2.09. The number of nitrogens with zero attached hydrogens (tertiary/aromatic N) is 7. The molecule has 0 N–H and O–H groups in total. The molecule has 0 amide bonds. The standard InChI is InChI=1S/C23H23N7O/c1-16-19-4-2-3-9-30(19)27-21(16)20-12-18-7-8-24-23(22(18)29(20)13-17-5-6-17)31-11-10-28-14-25-26-15-28/h2-4,7-9,12,14-15,17H,5-6,10-11,13H2,1H3. The highest BCUT2D eigenvalue weighted by Gasteiger charge is 2.27. The Labute approximate surface area is 179 Å². The quantitative estimate of drug-likeness (QED) is 0.406. The molecule has 5 aromatic heterocycles. The van der Waals surface area contributed by atoms with Gasteiger partial charge in [-0.2, -0.15) is 5.10 Å². The van der Waals surface area contributed by atoms with Gasteiger partial charge < -0.3 is 13.9 Å². The lowest BCUT2D eigenvalue weighted by atomic mass is 10.1. The van der Waals surface area contributed by atoms with Crippen molar-refractivity contribution in [3.63, 3.8) is 0 Å². The van der Waals surface area contributed by atoms with Crippen LogP contribution in [0.25, 0.3) is 27.8 Å². The molecule has 1 fully saturated rings. The van der Waals surface area contributed by atoms with Gasteiger partial charge in [-0.05, 0) is 49.9 Å². The first-order chi connectivity index (χ1) is 15.3. The van der Waals surface area contributed by atoms with Crippen molar-refractivity contribution in [3.8, 4) is 17.3 Å². The van der Waals surface area contributed by atoms with Crippen molar-refractivity contribution in [2.45, 2.75) is 32.9 Å². The number of hydrogen-bond acceptors (Lipinski definition) is 5. The summed E-state index contributed by atoms with van der Waals surface area (Å²) in [5.41, 5.74) is 5.50. The van der Waals surface area contributed by atoms with Crippen LogP contribution in [0.5, 0.6) is 5.88 Å². The maximum absolute atomic E-state index is 6.14. The maximum Gasteiger partial charge on any atom is 0.238 e. The third-order valence-electron chi connectivity index (χ3n) is 6.00. The van der Waals surface area contributed by atoms with Gasteiger partial charge in [0.2, 0.25) is 5.88 Å². The third kappa shape index (κ3) is 3.24. The van der Waals surface area contributed by atoms with Gasteiger partial charge in [-0.25, -0.2) is 9.50 Å². The monoisotopic (exact) mass is 413 g/mol. The van der Waals surface area contributed by atoms with Gasteiger partial charge in [0.25, 0.3) is 0 Å². The van der Waals surface area contributed by atoms with E-state index in [1.165, 1.54) is 18.4 Å². The molecule has 5 aromatic rings. The van der Waals surface area contributed by atoms with E-state index in [4.69, 9.17) is 9.84 Å². The fourth-order valence-electron chi connectivity index (χ4n) is 4.18. The number of pyridine rings is 2. The van der Waals surface area contributed by atoms with Crippen LogP contribution in [0.2, 0.25) is 0 Å². The predicted octanol–water partition coefficient (Wildman–Crippen LogP) is 3.74. The van der Waals surface area contributed by atoms with Gasteiger partial charge in [0.15, 0.2) is 0 Å². The molecule has 0 radical (unpaired) electrons. The van der Waals surface area contributed by atoms with E-state index in [1.54, 1.807) is 12.7 Å². The van der Waals surface area contributed by atoms with Gasteiger partial charge in [-0.3, -0.25) is 0 Å². The highest BCUT2D eigenvalue weighted by Crippen LogP contribution is 2.39. The molecule has 6 rings (SSSR count). The van der Waals surface area contributed by atoms with Crippen molar-refractivity contribution >= 4 is 16.4 Å². The van der Waals surface area contributed by atoms with Gasteiger partial charge in [0.05, 0.1) is 17.8 Å². The van der Waals surface area contributed by atoms with Crippen LogP contribution in [0, 0.1) is 12.8 Å². The van der Waals surface area contributed by atoms with Crippen LogP contribution in [0.1, 0.15) is 18.4 Å². The molecule has 0 atom stereocenters. The molecular weight excluding hydrogens is 390 g/mol. The van der Waals surface area contributed by atoms with Crippen molar-refractivity contribution in [1.29, 1.82) is 0 Å². The second-order valence-electron chi connectivity index (χ2n) is 8.19. The minimum absolute atomic E-state index is 0.501. The third-order valence-corrected chi connectivity index (χ3v) is 6.00. The zero-order valence-electron chi connectivity index (χ0n) is 17.3. The number of hydrogen-bond donors (Lipinski definition) is 0. The molecule has 0 aliphatic heterocycles. The molecule has 0 bridgehead atoms. The summed E-state index contributed by atoms with van der Waals surface area (Å²) in [4.78, 5) is 4.58. The predicted molar refractivity (Wildman–Crippen MR) is 117 cm³/mol. The van der Waals surface area contributed by atoms with Crippen LogP contribution in [-0.2, 0) is 13.1 Å². The summed E-state index contributed by atoms with van der Waals surface area (Å²) in [6.07, 6.45) is 9.74. The molecule has 156 valence electrons. The molecule has 0 saturated heterocycles. The summed E-state index contributed by atoms with van der Waals surface area (Å²) in [5.74, 6) is 1.37. The van der Waals surface area contributed by atoms with Gasteiger partial charge >= 0.3 is 0 Å². The van der Waals surface area contributed by atoms with E-state index in [0.29, 0.717) is 24.9 Å². The van der Waals surface area contributed by atoms with E-state index >= 15 is 0 Å². The van der Waals surface area contributed by atoms with Crippen LogP contribution in [0.3, 0.4) is 0 Å². The minimum atomic E-state index is 0.501. The van der Waals surface area contributed by atoms with Crippen molar-refractivity contribution in [3.05, 3.63) is 60.9 Å². The molecule has 0 spiro atoms. The maximum atomic E-state index is 6.14. The molecule has 0 unspecified atom stereocenters. The van der Waals surface area contributed by atoms with E-state index in [2.05, 4.69) is 50.9 Å². The van der Waals surface area contributed by atoms with E-state index in [9.17, 15) is 0 Å². The topological polar surface area (TPSA) is 75.1 Å². The summed E-state index contributed by atoms with van der Waals surface area (Å²) in [7, 11) is 0. The van der Waals surface area contributed by atoms with Crippen LogP contribution in [0.15, 0.2) is 55.4 Å². The highest BCUT2D eigenvalue weighted by atomic mass is 16.5. The van der Waals surface area contributed by atoms with Gasteiger partial charge in [0, 0.05) is 29.9 Å². The minimum Gasteiger partial charge on any atom is -0.474 e. The Morgan fingerprint density at radius 2 is 2.00 bits per heavy atom. The zero-order chi connectivity index (χ0) is 20.8. The summed E-state index contributed by atoms with van der Waals surface area (Å²) in [6.45, 7) is 4.28. The summed E-state index contributed by atoms with van der Waals surface area (Å²) in [6, 6.07) is 10.5. The smallest absolute Gasteiger partial charge is 0.238 e. The molecular formula is C23H23N7O. The van der Waals surface area contributed by atoms with Gasteiger partial charge in [-0.15, -0.1) is 10.2 Å². The first kappa shape index (κ1) is 18.1. The lowest BCUT2D eigenvalue weighted by molar-refractivity contribution is 0.289. The number of rotatable bonds is 7. The second-order valence-corrected chi connectivity index (χ2v) is 8.19. The molecule has 1 aliphatic rings. The fraction of sp³-hybridized carbons (Fsp3) is 0.304. The van der Waals surface area contributed by atoms with Crippen molar-refractivity contribution in [2.24, 2.45) is 5.92 Å². The number of ether oxygens (including phenoxy) is 1. The van der Waals surface area contributed by atoms with E-state index < -0.39 is 0 Å². The van der Waals surface area contributed by atoms with Gasteiger partial charge in [-0.1, -0.05) is 6.07 Å². The van der Waals surface area contributed by atoms with Crippen molar-refractivity contribution < 1.29 is 4.74 Å². The Kier molecular flexibility index (Phi) is 4.22. The second kappa shape index (κ2) is 7.23. The Morgan fingerprint density at radius 3 is 2.81 bits per heavy atom. The Balaban J connectivity index is 1.44. The van der Waals surface area contributed by atoms with Crippen LogP contribution in [-0.4, -0.2) is 40.5 Å². The molecule has 1 aliphatic carbocycles. The van der Waals surface area contributed by atoms with Crippen LogP contribution < -0.4 is 4.74 Å². The summed E-state index contributed by atoms with van der Waals surface area (Å²) < 4.78 is 12.4. The zero-order valence-corrected chi connectivity index (χ0v) is 17.3. The van der Waals surface area contributed by atoms with E-state index in [-0.39, 0.29) is 0 Å². The first-order valence-corrected chi connectivity index (χ1v) is 10.7. The summed E-state index contributed by atoms with van der Waals surface area (Å²) in [5, 5.41) is 13.7. The molecule has 8 heteroatoms. The molecule has 31 heavy (non-hydrogen) atoms. The largest absolute Gasteiger partial charge is 0.474 e. The first-order valence-electron chi connectivity index (χ1n) is 10.7. The Bertz CT molecular complexity index is 1360. The fourth-order valence-corrected chi connectivity index (χ4v) is 4.18. The molecule has 5 heterocycles. The SMILES string of the molecule is Cc1c(-c2cc3ccnc(OCCn4cnnc4)c3n2CC2CC2)nn2ccccc12. The van der Waals surface area contributed by atoms with Gasteiger partial charge in [0.1, 0.15) is 30.5 Å². The average Bonchev–Trinajstić information content (AvgIpc) is 3.17. The molecule has 0 aromatic carbocycles. The number of aromatic nitrogens is 7. The Morgan fingerprint density at radius 1 is 1.13 bits per heavy atom. The van der Waals surface area contributed by atoms with Crippen LogP contribution >= 0.6 is 0 Å². The van der Waals surface area contributed by atoms with E-state index in [0.717, 1.165) is 34.4 Å².